The number of anilines is 1. The van der Waals surface area contributed by atoms with Gasteiger partial charge in [0, 0.05) is 18.2 Å². The number of furan rings is 1. The number of nitrogens with one attached hydrogen (secondary N) is 1. The lowest BCUT2D eigenvalue weighted by Gasteiger charge is -2.26. The maximum Gasteiger partial charge on any atom is 0.416 e. The van der Waals surface area contributed by atoms with Gasteiger partial charge in [-0.25, -0.2) is 0 Å². The van der Waals surface area contributed by atoms with Crippen molar-refractivity contribution >= 4 is 5.69 Å². The van der Waals surface area contributed by atoms with E-state index in [2.05, 4.69) is 5.32 Å². The molecule has 100 valence electrons. The van der Waals surface area contributed by atoms with E-state index in [1.54, 1.807) is 18.4 Å². The summed E-state index contributed by atoms with van der Waals surface area (Å²) < 4.78 is 43.7. The Balaban J connectivity index is 2.07. The van der Waals surface area contributed by atoms with Crippen LogP contribution in [0.2, 0.25) is 0 Å². The van der Waals surface area contributed by atoms with Crippen LogP contribution in [0.1, 0.15) is 29.2 Å². The highest BCUT2D eigenvalue weighted by molar-refractivity contribution is 5.58. The molecule has 1 atom stereocenters. The second-order valence-electron chi connectivity index (χ2n) is 4.58. The molecule has 0 aliphatic carbocycles. The van der Waals surface area contributed by atoms with Gasteiger partial charge in [0.05, 0.1) is 11.8 Å². The van der Waals surface area contributed by atoms with E-state index in [1.807, 2.05) is 0 Å². The molecule has 1 unspecified atom stereocenters. The zero-order chi connectivity index (χ0) is 13.5. The summed E-state index contributed by atoms with van der Waals surface area (Å²) in [5.41, 5.74) is 0.781. The lowest BCUT2D eigenvalue weighted by atomic mass is 9.88. The van der Waals surface area contributed by atoms with Crippen molar-refractivity contribution in [2.24, 2.45) is 0 Å². The van der Waals surface area contributed by atoms with Gasteiger partial charge in [-0.2, -0.15) is 13.2 Å². The molecule has 3 rings (SSSR count). The van der Waals surface area contributed by atoms with Crippen LogP contribution >= 0.6 is 0 Å². The lowest BCUT2D eigenvalue weighted by molar-refractivity contribution is -0.137. The average molecular weight is 267 g/mol. The number of benzene rings is 1. The van der Waals surface area contributed by atoms with Gasteiger partial charge in [0.25, 0.3) is 0 Å². The van der Waals surface area contributed by atoms with Crippen LogP contribution in [-0.4, -0.2) is 6.54 Å². The standard InChI is InChI=1S/C14H12F3NO/c15-14(16,17)9-3-4-12-11(8-9)10(5-6-18-12)13-2-1-7-19-13/h1-4,7-8,10,18H,5-6H2. The van der Waals surface area contributed by atoms with Gasteiger partial charge in [-0.3, -0.25) is 0 Å². The van der Waals surface area contributed by atoms with E-state index >= 15 is 0 Å². The summed E-state index contributed by atoms with van der Waals surface area (Å²) in [4.78, 5) is 0. The summed E-state index contributed by atoms with van der Waals surface area (Å²) in [5, 5.41) is 3.12. The first kappa shape index (κ1) is 12.1. The Morgan fingerprint density at radius 2 is 2.05 bits per heavy atom. The zero-order valence-electron chi connectivity index (χ0n) is 10.00. The minimum atomic E-state index is -4.32. The predicted molar refractivity (Wildman–Crippen MR) is 65.1 cm³/mol. The summed E-state index contributed by atoms with van der Waals surface area (Å²) in [6, 6.07) is 7.38. The third-order valence-corrected chi connectivity index (χ3v) is 3.39. The fraction of sp³-hybridized carbons (Fsp3) is 0.286. The third kappa shape index (κ3) is 2.20. The van der Waals surface area contributed by atoms with E-state index in [-0.39, 0.29) is 5.92 Å². The van der Waals surface area contributed by atoms with Crippen LogP contribution in [0.5, 0.6) is 0 Å². The summed E-state index contributed by atoms with van der Waals surface area (Å²) >= 11 is 0. The van der Waals surface area contributed by atoms with Crippen LogP contribution in [0.3, 0.4) is 0 Å². The molecule has 0 amide bonds. The number of alkyl halides is 3. The minimum Gasteiger partial charge on any atom is -0.469 e. The topological polar surface area (TPSA) is 25.2 Å². The largest absolute Gasteiger partial charge is 0.469 e. The molecule has 2 heterocycles. The van der Waals surface area contributed by atoms with Crippen molar-refractivity contribution in [2.75, 3.05) is 11.9 Å². The van der Waals surface area contributed by atoms with Crippen molar-refractivity contribution in [3.63, 3.8) is 0 Å². The highest BCUT2D eigenvalue weighted by Crippen LogP contribution is 2.40. The molecule has 0 saturated carbocycles. The Hall–Kier alpha value is -1.91. The van der Waals surface area contributed by atoms with Gasteiger partial charge in [-0.05, 0) is 42.3 Å². The Morgan fingerprint density at radius 3 is 2.74 bits per heavy atom. The summed E-state index contributed by atoms with van der Waals surface area (Å²) in [5.74, 6) is 0.593. The minimum absolute atomic E-state index is 0.117. The van der Waals surface area contributed by atoms with Gasteiger partial charge < -0.3 is 9.73 Å². The molecule has 1 aliphatic heterocycles. The first-order chi connectivity index (χ1) is 9.05. The molecule has 0 fully saturated rings. The van der Waals surface area contributed by atoms with E-state index < -0.39 is 11.7 Å². The zero-order valence-corrected chi connectivity index (χ0v) is 10.00. The van der Waals surface area contributed by atoms with Crippen molar-refractivity contribution in [3.05, 3.63) is 53.5 Å². The van der Waals surface area contributed by atoms with Crippen LogP contribution in [0.25, 0.3) is 0 Å². The van der Waals surface area contributed by atoms with Crippen molar-refractivity contribution in [2.45, 2.75) is 18.5 Å². The van der Waals surface area contributed by atoms with Crippen molar-refractivity contribution in [1.29, 1.82) is 0 Å². The third-order valence-electron chi connectivity index (χ3n) is 3.39. The van der Waals surface area contributed by atoms with Crippen LogP contribution in [0, 0.1) is 0 Å². The number of hydrogen-bond donors (Lipinski definition) is 1. The molecule has 2 aromatic rings. The number of fused-ring (bicyclic) bond motifs is 1. The molecule has 0 saturated heterocycles. The number of rotatable bonds is 1. The Labute approximate surface area is 108 Å². The molecule has 0 spiro atoms. The molecule has 1 aliphatic rings. The summed E-state index contributed by atoms with van der Waals surface area (Å²) in [6.07, 6.45) is -2.05. The maximum absolute atomic E-state index is 12.8. The fourth-order valence-corrected chi connectivity index (χ4v) is 2.48. The Kier molecular flexibility index (Phi) is 2.77. The normalized spacial score (nSPS) is 18.8. The lowest BCUT2D eigenvalue weighted by Crippen LogP contribution is -2.18. The van der Waals surface area contributed by atoms with Crippen molar-refractivity contribution in [1.82, 2.24) is 0 Å². The molecule has 0 radical (unpaired) electrons. The predicted octanol–water partition coefficient (Wildman–Crippen LogP) is 4.25. The van der Waals surface area contributed by atoms with Gasteiger partial charge >= 0.3 is 6.18 Å². The Morgan fingerprint density at radius 1 is 1.21 bits per heavy atom. The van der Waals surface area contributed by atoms with Crippen LogP contribution in [0.4, 0.5) is 18.9 Å². The first-order valence-electron chi connectivity index (χ1n) is 6.04. The van der Waals surface area contributed by atoms with E-state index in [0.29, 0.717) is 11.3 Å². The number of hydrogen-bond acceptors (Lipinski definition) is 2. The van der Waals surface area contributed by atoms with E-state index in [4.69, 9.17) is 4.42 Å². The van der Waals surface area contributed by atoms with E-state index in [1.165, 1.54) is 12.1 Å². The van der Waals surface area contributed by atoms with Crippen LogP contribution < -0.4 is 5.32 Å². The van der Waals surface area contributed by atoms with Gasteiger partial charge in [-0.1, -0.05) is 0 Å². The molecule has 1 N–H and O–H groups in total. The fourth-order valence-electron chi connectivity index (χ4n) is 2.48. The quantitative estimate of drug-likeness (QED) is 0.835. The van der Waals surface area contributed by atoms with Crippen LogP contribution in [-0.2, 0) is 6.18 Å². The smallest absolute Gasteiger partial charge is 0.416 e. The highest BCUT2D eigenvalue weighted by Gasteiger charge is 2.33. The molecule has 2 nitrogen and oxygen atoms in total. The average Bonchev–Trinajstić information content (AvgIpc) is 2.90. The Bertz CT molecular complexity index is 575. The van der Waals surface area contributed by atoms with E-state index in [0.717, 1.165) is 24.7 Å². The first-order valence-corrected chi connectivity index (χ1v) is 6.04. The second kappa shape index (κ2) is 4.33. The molecule has 1 aromatic carbocycles. The molecule has 0 bridgehead atoms. The van der Waals surface area contributed by atoms with Crippen molar-refractivity contribution in [3.8, 4) is 0 Å². The molecule has 1 aromatic heterocycles. The monoisotopic (exact) mass is 267 g/mol. The van der Waals surface area contributed by atoms with Gasteiger partial charge in [-0.15, -0.1) is 0 Å². The summed E-state index contributed by atoms with van der Waals surface area (Å²) in [6.45, 7) is 0.726. The van der Waals surface area contributed by atoms with Gasteiger partial charge in [0.2, 0.25) is 0 Å². The molecular weight excluding hydrogens is 255 g/mol. The highest BCUT2D eigenvalue weighted by atomic mass is 19.4. The summed E-state index contributed by atoms with van der Waals surface area (Å²) in [7, 11) is 0. The molecular formula is C14H12F3NO. The van der Waals surface area contributed by atoms with Crippen LogP contribution in [0.15, 0.2) is 41.0 Å². The van der Waals surface area contributed by atoms with Crippen molar-refractivity contribution < 1.29 is 17.6 Å². The van der Waals surface area contributed by atoms with E-state index in [9.17, 15) is 13.2 Å². The molecule has 19 heavy (non-hydrogen) atoms. The van der Waals surface area contributed by atoms with Gasteiger partial charge in [0.15, 0.2) is 0 Å². The number of halogens is 3. The second-order valence-corrected chi connectivity index (χ2v) is 4.58. The molecule has 5 heteroatoms. The maximum atomic E-state index is 12.8. The SMILES string of the molecule is FC(F)(F)c1ccc2c(c1)C(c1ccco1)CCN2. The van der Waals surface area contributed by atoms with Gasteiger partial charge in [0.1, 0.15) is 5.76 Å².